The Morgan fingerprint density at radius 2 is 2.15 bits per heavy atom. The summed E-state index contributed by atoms with van der Waals surface area (Å²) < 4.78 is 0. The maximum absolute atomic E-state index is 11.7. The van der Waals surface area contributed by atoms with Crippen molar-refractivity contribution in [3.8, 4) is 0 Å². The van der Waals surface area contributed by atoms with Crippen molar-refractivity contribution in [2.24, 2.45) is 5.92 Å². The quantitative estimate of drug-likeness (QED) is 0.719. The van der Waals surface area contributed by atoms with E-state index in [0.29, 0.717) is 13.1 Å². The first kappa shape index (κ1) is 13.2. The zero-order chi connectivity index (χ0) is 13.8. The molecular weight excluding hydrogens is 250 g/mol. The molecule has 1 amide bonds. The predicted molar refractivity (Wildman–Crippen MR) is 80.6 cm³/mol. The summed E-state index contributed by atoms with van der Waals surface area (Å²) in [5, 5.41) is 7.41. The van der Waals surface area contributed by atoms with Crippen molar-refractivity contribution in [3.63, 3.8) is 0 Å². The third-order valence-corrected chi connectivity index (χ3v) is 3.81. The van der Waals surface area contributed by atoms with Crippen molar-refractivity contribution in [3.05, 3.63) is 36.0 Å². The van der Waals surface area contributed by atoms with E-state index < -0.39 is 0 Å². The van der Waals surface area contributed by atoms with Gasteiger partial charge in [0.05, 0.1) is 6.54 Å². The molecule has 20 heavy (non-hydrogen) atoms. The van der Waals surface area contributed by atoms with Gasteiger partial charge in [0.2, 0.25) is 5.91 Å². The molecule has 4 nitrogen and oxygen atoms in total. The summed E-state index contributed by atoms with van der Waals surface area (Å²) in [5.41, 5.74) is 2.41. The first-order chi connectivity index (χ1) is 9.83. The number of amides is 1. The molecule has 1 heterocycles. The lowest BCUT2D eigenvalue weighted by Gasteiger charge is -2.06. The number of para-hydroxylation sites is 1. The van der Waals surface area contributed by atoms with Gasteiger partial charge in [-0.2, -0.15) is 0 Å². The van der Waals surface area contributed by atoms with Gasteiger partial charge in [-0.3, -0.25) is 4.79 Å². The summed E-state index contributed by atoms with van der Waals surface area (Å²) in [4.78, 5) is 14.9. The molecule has 1 saturated carbocycles. The van der Waals surface area contributed by atoms with E-state index in [-0.39, 0.29) is 5.91 Å². The van der Waals surface area contributed by atoms with E-state index in [4.69, 9.17) is 0 Å². The van der Waals surface area contributed by atoms with Gasteiger partial charge in [0.1, 0.15) is 0 Å². The molecule has 0 aliphatic heterocycles. The molecule has 3 rings (SSSR count). The van der Waals surface area contributed by atoms with Crippen LogP contribution in [0.3, 0.4) is 0 Å². The van der Waals surface area contributed by atoms with Gasteiger partial charge >= 0.3 is 0 Å². The van der Waals surface area contributed by atoms with Crippen molar-refractivity contribution in [1.29, 1.82) is 0 Å². The zero-order valence-corrected chi connectivity index (χ0v) is 11.6. The van der Waals surface area contributed by atoms with Gasteiger partial charge in [-0.05, 0) is 43.4 Å². The van der Waals surface area contributed by atoms with Crippen LogP contribution in [-0.2, 0) is 11.2 Å². The molecule has 1 aliphatic carbocycles. The summed E-state index contributed by atoms with van der Waals surface area (Å²) in [5.74, 6) is 0.902. The van der Waals surface area contributed by atoms with Crippen LogP contribution >= 0.6 is 0 Å². The Kier molecular flexibility index (Phi) is 4.02. The van der Waals surface area contributed by atoms with Gasteiger partial charge in [0, 0.05) is 23.6 Å². The predicted octanol–water partition coefficient (Wildman–Crippen LogP) is 1.83. The maximum Gasteiger partial charge on any atom is 0.233 e. The summed E-state index contributed by atoms with van der Waals surface area (Å²) in [6.07, 6.45) is 5.52. The fourth-order valence-corrected chi connectivity index (χ4v) is 2.45. The lowest BCUT2D eigenvalue weighted by molar-refractivity contribution is -0.120. The molecule has 0 spiro atoms. The van der Waals surface area contributed by atoms with Gasteiger partial charge in [-0.15, -0.1) is 0 Å². The Bertz CT molecular complexity index is 586. The molecule has 1 aliphatic rings. The smallest absolute Gasteiger partial charge is 0.233 e. The number of hydrogen-bond donors (Lipinski definition) is 3. The fraction of sp³-hybridized carbons (Fsp3) is 0.438. The van der Waals surface area contributed by atoms with Crippen molar-refractivity contribution >= 4 is 16.8 Å². The van der Waals surface area contributed by atoms with Crippen LogP contribution in [0, 0.1) is 5.92 Å². The van der Waals surface area contributed by atoms with Crippen molar-refractivity contribution in [2.45, 2.75) is 19.3 Å². The molecule has 0 saturated heterocycles. The third kappa shape index (κ3) is 3.39. The summed E-state index contributed by atoms with van der Waals surface area (Å²) in [7, 11) is 0. The molecule has 1 fully saturated rings. The van der Waals surface area contributed by atoms with Crippen LogP contribution in [-0.4, -0.2) is 30.5 Å². The van der Waals surface area contributed by atoms with E-state index in [0.717, 1.165) is 24.4 Å². The standard InChI is InChI=1S/C16H21N3O/c20-16(11-17-9-12-5-6-12)18-8-7-13-10-19-15-4-2-1-3-14(13)15/h1-4,10,12,17,19H,5-9,11H2,(H,18,20). The van der Waals surface area contributed by atoms with E-state index in [1.807, 2.05) is 18.3 Å². The summed E-state index contributed by atoms with van der Waals surface area (Å²) in [6, 6.07) is 8.25. The molecule has 0 radical (unpaired) electrons. The number of rotatable bonds is 7. The van der Waals surface area contributed by atoms with Crippen LogP contribution in [0.15, 0.2) is 30.5 Å². The molecule has 3 N–H and O–H groups in total. The molecule has 0 atom stereocenters. The van der Waals surface area contributed by atoms with Crippen LogP contribution in [0.4, 0.5) is 0 Å². The molecule has 1 aromatic heterocycles. The molecule has 2 aromatic rings. The Morgan fingerprint density at radius 1 is 1.30 bits per heavy atom. The number of carbonyl (C=O) groups is 1. The first-order valence-corrected chi connectivity index (χ1v) is 7.35. The number of aromatic amines is 1. The van der Waals surface area contributed by atoms with E-state index in [2.05, 4.69) is 27.8 Å². The van der Waals surface area contributed by atoms with Crippen molar-refractivity contribution < 1.29 is 4.79 Å². The Balaban J connectivity index is 1.41. The van der Waals surface area contributed by atoms with E-state index in [1.165, 1.54) is 23.8 Å². The number of fused-ring (bicyclic) bond motifs is 1. The second kappa shape index (κ2) is 6.09. The number of hydrogen-bond acceptors (Lipinski definition) is 2. The minimum Gasteiger partial charge on any atom is -0.361 e. The lowest BCUT2D eigenvalue weighted by Crippen LogP contribution is -2.35. The van der Waals surface area contributed by atoms with Gasteiger partial charge in [0.25, 0.3) is 0 Å². The normalized spacial score (nSPS) is 14.6. The van der Waals surface area contributed by atoms with E-state index >= 15 is 0 Å². The van der Waals surface area contributed by atoms with Crippen molar-refractivity contribution in [2.75, 3.05) is 19.6 Å². The molecule has 1 aromatic carbocycles. The van der Waals surface area contributed by atoms with Crippen LogP contribution in [0.5, 0.6) is 0 Å². The average Bonchev–Trinajstić information content (AvgIpc) is 3.19. The highest BCUT2D eigenvalue weighted by molar-refractivity contribution is 5.83. The number of H-pyrrole nitrogens is 1. The molecular formula is C16H21N3O. The van der Waals surface area contributed by atoms with Gasteiger partial charge in [-0.25, -0.2) is 0 Å². The Hall–Kier alpha value is -1.81. The largest absolute Gasteiger partial charge is 0.361 e. The minimum absolute atomic E-state index is 0.0884. The zero-order valence-electron chi connectivity index (χ0n) is 11.6. The lowest BCUT2D eigenvalue weighted by atomic mass is 10.1. The Morgan fingerprint density at radius 3 is 3.00 bits per heavy atom. The number of benzene rings is 1. The second-order valence-electron chi connectivity index (χ2n) is 5.53. The molecule has 0 unspecified atom stereocenters. The topological polar surface area (TPSA) is 56.9 Å². The highest BCUT2D eigenvalue weighted by Gasteiger charge is 2.20. The van der Waals surface area contributed by atoms with Gasteiger partial charge < -0.3 is 15.6 Å². The third-order valence-electron chi connectivity index (χ3n) is 3.81. The Labute approximate surface area is 118 Å². The first-order valence-electron chi connectivity index (χ1n) is 7.35. The van der Waals surface area contributed by atoms with Crippen LogP contribution in [0.25, 0.3) is 10.9 Å². The number of carbonyl (C=O) groups excluding carboxylic acids is 1. The van der Waals surface area contributed by atoms with Crippen molar-refractivity contribution in [1.82, 2.24) is 15.6 Å². The van der Waals surface area contributed by atoms with Gasteiger partial charge in [0.15, 0.2) is 0 Å². The van der Waals surface area contributed by atoms with Gasteiger partial charge in [-0.1, -0.05) is 18.2 Å². The number of nitrogens with one attached hydrogen (secondary N) is 3. The monoisotopic (exact) mass is 271 g/mol. The van der Waals surface area contributed by atoms with Crippen LogP contribution in [0.2, 0.25) is 0 Å². The van der Waals surface area contributed by atoms with Crippen LogP contribution in [0.1, 0.15) is 18.4 Å². The van der Waals surface area contributed by atoms with Crippen LogP contribution < -0.4 is 10.6 Å². The van der Waals surface area contributed by atoms with E-state index in [1.54, 1.807) is 0 Å². The molecule has 4 heteroatoms. The minimum atomic E-state index is 0.0884. The fourth-order valence-electron chi connectivity index (χ4n) is 2.45. The molecule has 0 bridgehead atoms. The average molecular weight is 271 g/mol. The maximum atomic E-state index is 11.7. The highest BCUT2D eigenvalue weighted by atomic mass is 16.1. The second-order valence-corrected chi connectivity index (χ2v) is 5.53. The summed E-state index contributed by atoms with van der Waals surface area (Å²) >= 11 is 0. The summed E-state index contributed by atoms with van der Waals surface area (Å²) in [6.45, 7) is 2.10. The highest BCUT2D eigenvalue weighted by Crippen LogP contribution is 2.27. The number of aromatic nitrogens is 1. The molecule has 106 valence electrons. The van der Waals surface area contributed by atoms with E-state index in [9.17, 15) is 4.79 Å². The SMILES string of the molecule is O=C(CNCC1CC1)NCCc1c[nH]c2ccccc12.